The van der Waals surface area contributed by atoms with Gasteiger partial charge in [0, 0.05) is 0 Å². The normalized spacial score (nSPS) is 14.2. The SMILES string of the molecule is CCC[CH2][Sn](/[CH]=C/[C@@H](O)CC)([CH2]CCC)[CH2]CCC. The van der Waals surface area contributed by atoms with E-state index in [1.54, 1.807) is 0 Å². The fourth-order valence-corrected chi connectivity index (χ4v) is 17.1. The molecule has 0 fully saturated rings. The van der Waals surface area contributed by atoms with Gasteiger partial charge in [0.05, 0.1) is 0 Å². The molecule has 0 aliphatic rings. The summed E-state index contributed by atoms with van der Waals surface area (Å²) in [5.41, 5.74) is 0. The molecule has 0 rings (SSSR count). The molecule has 0 radical (unpaired) electrons. The van der Waals surface area contributed by atoms with Gasteiger partial charge in [0.1, 0.15) is 0 Å². The van der Waals surface area contributed by atoms with Gasteiger partial charge in [-0.2, -0.15) is 0 Å². The molecule has 0 spiro atoms. The Morgan fingerprint density at radius 2 is 1.26 bits per heavy atom. The molecule has 1 atom stereocenters. The fraction of sp³-hybridized carbons (Fsp3) is 0.882. The summed E-state index contributed by atoms with van der Waals surface area (Å²) < 4.78 is 7.07. The molecule has 0 heterocycles. The van der Waals surface area contributed by atoms with Crippen LogP contribution in [0.1, 0.15) is 72.6 Å². The van der Waals surface area contributed by atoms with Crippen LogP contribution in [-0.2, 0) is 0 Å². The Morgan fingerprint density at radius 3 is 1.58 bits per heavy atom. The molecule has 0 aromatic rings. The van der Waals surface area contributed by atoms with E-state index in [-0.39, 0.29) is 6.10 Å². The van der Waals surface area contributed by atoms with Crippen molar-refractivity contribution in [1.82, 2.24) is 0 Å². The molecule has 0 aliphatic carbocycles. The number of hydrogen-bond donors (Lipinski definition) is 1. The molecule has 0 aromatic carbocycles. The third-order valence-electron chi connectivity index (χ3n) is 4.17. The molecular formula is C17H36OSn. The average Bonchev–Trinajstić information content (AvgIpc) is 2.45. The van der Waals surface area contributed by atoms with Gasteiger partial charge in [-0.25, -0.2) is 0 Å². The first kappa shape index (κ1) is 19.5. The number of aliphatic hydroxyl groups is 1. The van der Waals surface area contributed by atoms with Crippen LogP contribution in [0.15, 0.2) is 10.2 Å². The van der Waals surface area contributed by atoms with E-state index < -0.39 is 18.4 Å². The molecular weight excluding hydrogens is 339 g/mol. The summed E-state index contributed by atoms with van der Waals surface area (Å²) in [5, 5.41) is 9.84. The van der Waals surface area contributed by atoms with E-state index in [1.165, 1.54) is 51.8 Å². The molecule has 0 amide bonds. The minimum atomic E-state index is -2.11. The van der Waals surface area contributed by atoms with Crippen LogP contribution in [0.2, 0.25) is 13.3 Å². The summed E-state index contributed by atoms with van der Waals surface area (Å²) in [6, 6.07) is 0. The Balaban J connectivity index is 4.80. The molecule has 1 N–H and O–H groups in total. The van der Waals surface area contributed by atoms with E-state index in [4.69, 9.17) is 0 Å². The first-order valence-corrected chi connectivity index (χ1v) is 16.2. The Labute approximate surface area is 125 Å². The minimum absolute atomic E-state index is 0.207. The van der Waals surface area contributed by atoms with Crippen molar-refractivity contribution in [2.45, 2.75) is 92.1 Å². The van der Waals surface area contributed by atoms with Crippen LogP contribution >= 0.6 is 0 Å². The molecule has 2 heteroatoms. The van der Waals surface area contributed by atoms with Crippen molar-refractivity contribution < 1.29 is 5.11 Å². The topological polar surface area (TPSA) is 20.2 Å². The second kappa shape index (κ2) is 12.3. The van der Waals surface area contributed by atoms with Gasteiger partial charge in [-0.15, -0.1) is 0 Å². The van der Waals surface area contributed by atoms with Crippen molar-refractivity contribution in [1.29, 1.82) is 0 Å². The van der Waals surface area contributed by atoms with Crippen LogP contribution in [0.3, 0.4) is 0 Å². The summed E-state index contributed by atoms with van der Waals surface area (Å²) in [7, 11) is 0. The molecule has 0 unspecified atom stereocenters. The first-order valence-electron chi connectivity index (χ1n) is 8.51. The van der Waals surface area contributed by atoms with Crippen molar-refractivity contribution >= 4 is 18.4 Å². The maximum atomic E-state index is 9.84. The summed E-state index contributed by atoms with van der Waals surface area (Å²) in [4.78, 5) is 0. The van der Waals surface area contributed by atoms with E-state index in [1.807, 2.05) is 0 Å². The monoisotopic (exact) mass is 376 g/mol. The standard InChI is InChI=1S/C5H9O.3C4H9.Sn/c1-3-5(6)4-2;3*1-3-4-2;/h1,3,5-6H,4H2,2H3;3*1,3-4H2,2H3;/t5-;;;;/m1..../s1. The van der Waals surface area contributed by atoms with Gasteiger partial charge in [-0.05, 0) is 0 Å². The van der Waals surface area contributed by atoms with Crippen LogP contribution in [0, 0.1) is 0 Å². The summed E-state index contributed by atoms with van der Waals surface area (Å²) in [5.74, 6) is 0. The van der Waals surface area contributed by atoms with Crippen molar-refractivity contribution in [3.8, 4) is 0 Å². The Hall–Kier alpha value is 0.499. The molecule has 0 saturated heterocycles. The van der Waals surface area contributed by atoms with E-state index in [2.05, 4.69) is 37.9 Å². The van der Waals surface area contributed by atoms with Gasteiger partial charge in [0.15, 0.2) is 0 Å². The molecule has 0 saturated carbocycles. The zero-order valence-corrected chi connectivity index (χ0v) is 16.6. The molecule has 114 valence electrons. The number of unbranched alkanes of at least 4 members (excludes halogenated alkanes) is 3. The molecule has 19 heavy (non-hydrogen) atoms. The van der Waals surface area contributed by atoms with Crippen LogP contribution in [0.4, 0.5) is 0 Å². The maximum absolute atomic E-state index is 9.84. The predicted molar refractivity (Wildman–Crippen MR) is 90.3 cm³/mol. The zero-order valence-electron chi connectivity index (χ0n) is 13.8. The van der Waals surface area contributed by atoms with Crippen molar-refractivity contribution in [3.63, 3.8) is 0 Å². The number of hydrogen-bond acceptors (Lipinski definition) is 1. The van der Waals surface area contributed by atoms with Crippen molar-refractivity contribution in [3.05, 3.63) is 10.2 Å². The molecule has 0 bridgehead atoms. The van der Waals surface area contributed by atoms with Crippen LogP contribution in [0.5, 0.6) is 0 Å². The second-order valence-corrected chi connectivity index (χ2v) is 19.0. The first-order chi connectivity index (χ1) is 9.14. The predicted octanol–water partition coefficient (Wildman–Crippen LogP) is 5.70. The average molecular weight is 375 g/mol. The fourth-order valence-electron chi connectivity index (χ4n) is 2.66. The Bertz CT molecular complexity index is 204. The van der Waals surface area contributed by atoms with E-state index >= 15 is 0 Å². The van der Waals surface area contributed by atoms with Gasteiger partial charge in [0.25, 0.3) is 0 Å². The van der Waals surface area contributed by atoms with E-state index in [0.717, 1.165) is 6.42 Å². The van der Waals surface area contributed by atoms with Crippen LogP contribution in [0.25, 0.3) is 0 Å². The Kier molecular flexibility index (Phi) is 12.6. The van der Waals surface area contributed by atoms with E-state index in [9.17, 15) is 5.11 Å². The van der Waals surface area contributed by atoms with Gasteiger partial charge >= 0.3 is 126 Å². The zero-order chi connectivity index (χ0) is 14.6. The number of rotatable bonds is 12. The third-order valence-corrected chi connectivity index (χ3v) is 18.3. The van der Waals surface area contributed by atoms with Crippen molar-refractivity contribution in [2.75, 3.05) is 0 Å². The summed E-state index contributed by atoms with van der Waals surface area (Å²) >= 11 is -2.11. The summed E-state index contributed by atoms with van der Waals surface area (Å²) in [6.45, 7) is 8.99. The van der Waals surface area contributed by atoms with Crippen molar-refractivity contribution in [2.24, 2.45) is 0 Å². The van der Waals surface area contributed by atoms with Gasteiger partial charge in [-0.1, -0.05) is 0 Å². The van der Waals surface area contributed by atoms with Gasteiger partial charge in [-0.3, -0.25) is 0 Å². The quantitative estimate of drug-likeness (QED) is 0.434. The molecule has 0 aliphatic heterocycles. The Morgan fingerprint density at radius 1 is 0.842 bits per heavy atom. The third kappa shape index (κ3) is 9.12. The number of aliphatic hydroxyl groups excluding tert-OH is 1. The van der Waals surface area contributed by atoms with Gasteiger partial charge < -0.3 is 0 Å². The summed E-state index contributed by atoms with van der Waals surface area (Å²) in [6.07, 6.45) is 11.0. The van der Waals surface area contributed by atoms with Crippen LogP contribution in [-0.4, -0.2) is 29.6 Å². The van der Waals surface area contributed by atoms with Crippen LogP contribution < -0.4 is 0 Å². The van der Waals surface area contributed by atoms with E-state index in [0.29, 0.717) is 0 Å². The molecule has 0 aromatic heterocycles. The molecule has 1 nitrogen and oxygen atoms in total. The van der Waals surface area contributed by atoms with Gasteiger partial charge in [0.2, 0.25) is 0 Å². The second-order valence-electron chi connectivity index (χ2n) is 6.01.